The number of aromatic hydroxyl groups is 1. The normalized spacial score (nSPS) is 13.6. The van der Waals surface area contributed by atoms with E-state index in [-0.39, 0.29) is 11.6 Å². The summed E-state index contributed by atoms with van der Waals surface area (Å²) < 4.78 is 28.2. The van der Waals surface area contributed by atoms with Gasteiger partial charge in [0.2, 0.25) is 0 Å². The molecule has 134 valence electrons. The minimum absolute atomic E-state index is 0.285. The topological polar surface area (TPSA) is 110 Å². The summed E-state index contributed by atoms with van der Waals surface area (Å²) >= 11 is -5.09. The van der Waals surface area contributed by atoms with Crippen LogP contribution in [0.1, 0.15) is 18.1 Å². The van der Waals surface area contributed by atoms with Crippen molar-refractivity contribution >= 4 is 30.1 Å². The average molecular weight is 408 g/mol. The first-order chi connectivity index (χ1) is 11.7. The molecule has 0 aliphatic carbocycles. The molecular formula is C17H21AsN2O5. The molecule has 0 spiro atoms. The van der Waals surface area contributed by atoms with Gasteiger partial charge in [-0.25, -0.2) is 0 Å². The molecule has 25 heavy (non-hydrogen) atoms. The number of anilines is 1. The first kappa shape index (κ1) is 19.3. The second kappa shape index (κ2) is 7.89. The van der Waals surface area contributed by atoms with Gasteiger partial charge in [0, 0.05) is 13.1 Å². The number of fused-ring (bicyclic) bond motifs is 1. The molecule has 1 aliphatic heterocycles. The van der Waals surface area contributed by atoms with E-state index in [1.807, 2.05) is 0 Å². The number of hydrogen-bond donors (Lipinski definition) is 4. The summed E-state index contributed by atoms with van der Waals surface area (Å²) in [6.07, 6.45) is 0. The molecule has 8 heteroatoms. The Morgan fingerprint density at radius 2 is 1.68 bits per heavy atom. The third kappa shape index (κ3) is 5.47. The number of amides is 1. The number of rotatable bonds is 2. The number of nitrogens with one attached hydrogen (secondary N) is 1. The number of nitrogens with zero attached hydrogens (tertiary/aromatic N) is 1. The van der Waals surface area contributed by atoms with E-state index in [2.05, 4.69) is 41.5 Å². The van der Waals surface area contributed by atoms with Crippen molar-refractivity contribution in [2.75, 3.05) is 12.4 Å². The summed E-state index contributed by atoms with van der Waals surface area (Å²) in [4.78, 5) is 13.0. The summed E-state index contributed by atoms with van der Waals surface area (Å²) in [5, 5.41) is 11.7. The molecule has 0 aromatic heterocycles. The Labute approximate surface area is 148 Å². The molecule has 0 unspecified atom stereocenters. The van der Waals surface area contributed by atoms with Crippen molar-refractivity contribution in [2.45, 2.75) is 20.0 Å². The number of carbonyl (C=O) groups excluding carboxylic acids is 1. The first-order valence-electron chi connectivity index (χ1n) is 7.59. The molecule has 4 N–H and O–H groups in total. The number of hydrogen-bond acceptors (Lipinski definition) is 4. The van der Waals surface area contributed by atoms with E-state index in [1.54, 1.807) is 0 Å². The van der Waals surface area contributed by atoms with E-state index in [0.717, 1.165) is 25.2 Å². The maximum absolute atomic E-state index is 10.9. The smallest absolute Gasteiger partial charge is 0.0237 e. The Bertz CT molecular complexity index is 793. The Hall–Kier alpha value is -2.05. The largest absolute Gasteiger partial charge is 0.298 e. The Kier molecular flexibility index (Phi) is 6.08. The van der Waals surface area contributed by atoms with Crippen LogP contribution in [0.2, 0.25) is 0 Å². The van der Waals surface area contributed by atoms with Gasteiger partial charge < -0.3 is 0 Å². The van der Waals surface area contributed by atoms with Crippen LogP contribution in [-0.4, -0.2) is 45.3 Å². The van der Waals surface area contributed by atoms with Gasteiger partial charge >= 0.3 is 88.1 Å². The zero-order valence-electron chi connectivity index (χ0n) is 14.0. The van der Waals surface area contributed by atoms with Gasteiger partial charge in [0.05, 0.1) is 0 Å². The van der Waals surface area contributed by atoms with Crippen molar-refractivity contribution in [1.82, 2.24) is 4.90 Å². The van der Waals surface area contributed by atoms with Gasteiger partial charge in [-0.3, -0.25) is 4.90 Å². The molecule has 2 aromatic rings. The van der Waals surface area contributed by atoms with Crippen LogP contribution in [0.5, 0.6) is 5.75 Å². The number of carbonyl (C=O) groups is 1. The molecule has 0 saturated heterocycles. The summed E-state index contributed by atoms with van der Waals surface area (Å²) in [6, 6.07) is 12.1. The minimum Gasteiger partial charge on any atom is -0.298 e. The Morgan fingerprint density at radius 1 is 1.12 bits per heavy atom. The number of benzene rings is 2. The Balaban J connectivity index is 0.000000194. The number of phenols is 1. The third-order valence-electron chi connectivity index (χ3n) is 3.61. The first-order valence-corrected chi connectivity index (χ1v) is 11.0. The predicted octanol–water partition coefficient (Wildman–Crippen LogP) is 0.544. The summed E-state index contributed by atoms with van der Waals surface area (Å²) in [5.41, 5.74) is 3.27. The summed E-state index contributed by atoms with van der Waals surface area (Å²) in [5.74, 6) is -0.850. The average Bonchev–Trinajstić information content (AvgIpc) is 2.86. The standard InChI is InChI=1S/C9H11N.C8H10AsNO5/c1-10-6-8-4-2-3-5-9(8)7-10;1-5(11)10-6-2-3-7(8(12)4-6)9(13,14)15/h2-5H,6-7H2,1H3;2-4,12H,1H3,(H,10,11)(H2,13,14,15). The predicted molar refractivity (Wildman–Crippen MR) is 94.5 cm³/mol. The van der Waals surface area contributed by atoms with Crippen LogP contribution in [0.4, 0.5) is 5.69 Å². The van der Waals surface area contributed by atoms with Crippen LogP contribution < -0.4 is 9.67 Å². The van der Waals surface area contributed by atoms with Gasteiger partial charge in [-0.15, -0.1) is 0 Å². The molecular weight excluding hydrogens is 387 g/mol. The van der Waals surface area contributed by atoms with Crippen molar-refractivity contribution in [3.63, 3.8) is 0 Å². The molecule has 3 rings (SSSR count). The molecule has 1 amide bonds. The van der Waals surface area contributed by atoms with Gasteiger partial charge in [0.25, 0.3) is 0 Å². The second-order valence-corrected chi connectivity index (χ2v) is 9.16. The molecule has 7 nitrogen and oxygen atoms in total. The van der Waals surface area contributed by atoms with Crippen LogP contribution in [0.3, 0.4) is 0 Å². The quantitative estimate of drug-likeness (QED) is 0.541. The maximum Gasteiger partial charge on any atom is 0.0237 e. The van der Waals surface area contributed by atoms with Crippen LogP contribution in [0, 0.1) is 0 Å². The fourth-order valence-corrected chi connectivity index (χ4v) is 3.88. The molecule has 2 aromatic carbocycles. The van der Waals surface area contributed by atoms with Gasteiger partial charge in [-0.1, -0.05) is 24.3 Å². The van der Waals surface area contributed by atoms with Crippen molar-refractivity contribution in [3.8, 4) is 5.75 Å². The molecule has 0 bridgehead atoms. The molecule has 0 atom stereocenters. The van der Waals surface area contributed by atoms with Crippen molar-refractivity contribution < 1.29 is 21.8 Å². The summed E-state index contributed by atoms with van der Waals surface area (Å²) in [7, 11) is 2.15. The Morgan fingerprint density at radius 3 is 2.12 bits per heavy atom. The van der Waals surface area contributed by atoms with Crippen LogP contribution >= 0.6 is 0 Å². The monoisotopic (exact) mass is 408 g/mol. The van der Waals surface area contributed by atoms with E-state index < -0.39 is 24.3 Å². The molecule has 1 heterocycles. The zero-order valence-corrected chi connectivity index (χ0v) is 15.9. The van der Waals surface area contributed by atoms with Crippen LogP contribution in [-0.2, 0) is 21.6 Å². The van der Waals surface area contributed by atoms with Crippen molar-refractivity contribution in [1.29, 1.82) is 0 Å². The van der Waals surface area contributed by atoms with E-state index in [1.165, 1.54) is 24.1 Å². The van der Waals surface area contributed by atoms with E-state index in [4.69, 9.17) is 8.19 Å². The van der Waals surface area contributed by atoms with E-state index >= 15 is 0 Å². The van der Waals surface area contributed by atoms with Gasteiger partial charge in [-0.2, -0.15) is 0 Å². The van der Waals surface area contributed by atoms with Gasteiger partial charge in [0.1, 0.15) is 0 Å². The maximum atomic E-state index is 10.9. The van der Waals surface area contributed by atoms with Crippen LogP contribution in [0.15, 0.2) is 42.5 Å². The fourth-order valence-electron chi connectivity index (χ4n) is 2.55. The minimum atomic E-state index is -5.09. The second-order valence-electron chi connectivity index (χ2n) is 5.87. The SMILES string of the molecule is CC(=O)Nc1ccc([As](=O)(O)O)c(O)c1.CN1Cc2ccccc2C1. The summed E-state index contributed by atoms with van der Waals surface area (Å²) in [6.45, 7) is 3.53. The molecule has 0 fully saturated rings. The van der Waals surface area contributed by atoms with Crippen molar-refractivity contribution in [2.24, 2.45) is 0 Å². The van der Waals surface area contributed by atoms with E-state index in [0.29, 0.717) is 0 Å². The molecule has 0 saturated carbocycles. The number of phenolic OH excluding ortho intramolecular Hbond substituents is 1. The third-order valence-corrected chi connectivity index (χ3v) is 5.72. The van der Waals surface area contributed by atoms with E-state index in [9.17, 15) is 13.6 Å². The fraction of sp³-hybridized carbons (Fsp3) is 0.235. The molecule has 0 radical (unpaired) electrons. The van der Waals surface area contributed by atoms with Crippen molar-refractivity contribution in [3.05, 3.63) is 53.6 Å². The molecule has 1 aliphatic rings. The van der Waals surface area contributed by atoms with Gasteiger partial charge in [0.15, 0.2) is 0 Å². The van der Waals surface area contributed by atoms with Gasteiger partial charge in [-0.05, 0) is 18.2 Å². The van der Waals surface area contributed by atoms with Crippen LogP contribution in [0.25, 0.3) is 0 Å². The zero-order chi connectivity index (χ0) is 18.6.